The van der Waals surface area contributed by atoms with Crippen LogP contribution in [0.3, 0.4) is 0 Å². The Hall–Kier alpha value is -13.6. The second-order valence-corrected chi connectivity index (χ2v) is 26.4. The molecule has 0 aliphatic heterocycles. The van der Waals surface area contributed by atoms with Crippen LogP contribution in [0, 0.1) is 13.8 Å². The second kappa shape index (κ2) is 26.6. The van der Waals surface area contributed by atoms with Crippen molar-refractivity contribution in [1.82, 2.24) is 29.1 Å². The van der Waals surface area contributed by atoms with Crippen LogP contribution in [0.4, 0.5) is 34.1 Å². The minimum absolute atomic E-state index is 0.681. The van der Waals surface area contributed by atoms with Gasteiger partial charge in [-0.15, -0.1) is 0 Å². The highest BCUT2D eigenvalue weighted by Gasteiger charge is 2.22. The van der Waals surface area contributed by atoms with Gasteiger partial charge in [0.25, 0.3) is 0 Å². The van der Waals surface area contributed by atoms with Crippen LogP contribution >= 0.6 is 0 Å². The maximum atomic E-state index is 5.35. The Morgan fingerprint density at radius 3 is 1.03 bits per heavy atom. The number of para-hydroxylation sites is 4. The van der Waals surface area contributed by atoms with Crippen LogP contribution in [0.15, 0.2) is 364 Å². The van der Waals surface area contributed by atoms with E-state index in [9.17, 15) is 0 Å². The Morgan fingerprint density at radius 1 is 0.252 bits per heavy atom. The number of aryl methyl sites for hydroxylation is 2. The van der Waals surface area contributed by atoms with E-state index in [-0.39, 0.29) is 0 Å². The normalized spacial score (nSPS) is 11.4. The molecule has 0 amide bonds. The molecule has 0 saturated carbocycles. The lowest BCUT2D eigenvalue weighted by molar-refractivity contribution is 1.14. The molecule has 0 N–H and O–H groups in total. The fourth-order valence-corrected chi connectivity index (χ4v) is 14.6. The van der Waals surface area contributed by atoms with Crippen molar-refractivity contribution in [3.05, 3.63) is 386 Å². The SMILES string of the molecule is Cc1ccc(N(c2ccc(Cc3ccc(-c4nc(-c5ccccc5)cc(-c5ccc(-n6c7ccccc7c7cc(N(c8ccccc8)c8ccccc8)ccc76)cc5)n4)cc3C)cc2)c2ccc3c(c2)c2ccccc2n3-c2ccc(-c3cc(-c4ccccc4)nc(-c4ccccc4)n3)cc2)cc1. The highest BCUT2D eigenvalue weighted by atomic mass is 15.1. The molecule has 4 heterocycles. The van der Waals surface area contributed by atoms with Gasteiger partial charge >= 0.3 is 0 Å². The molecule has 4 aromatic heterocycles. The smallest absolute Gasteiger partial charge is 0.160 e. The van der Waals surface area contributed by atoms with Crippen molar-refractivity contribution in [2.24, 2.45) is 0 Å². The van der Waals surface area contributed by atoms with Crippen LogP contribution < -0.4 is 9.80 Å². The zero-order valence-electron chi connectivity index (χ0n) is 56.9. The highest BCUT2D eigenvalue weighted by Crippen LogP contribution is 2.43. The standard InChI is InChI=1S/C95H68N8/c1-64-36-46-76(47-37-64)101(81-55-57-93-85(61-81)83-33-19-21-35-91(83)103(93)78-50-42-69(43-51-78)88-62-86(67-22-8-3-9-23-67)96-94(97-88)71-26-12-5-13-27-71)77-48-38-66(39-49-77)59-72-40-41-73(58-65(72)2)95-98-87(68-24-10-4-11-25-68)63-89(99-95)70-44-52-79(53-45-70)102-90-34-20-18-32-82(90)84-60-80(54-56-92(84)102)100(74-28-14-6-15-29-74)75-30-16-7-17-31-75/h3-58,60-63H,59H2,1-2H3. The van der Waals surface area contributed by atoms with E-state index in [1.165, 1.54) is 43.8 Å². The quantitative estimate of drug-likeness (QED) is 0.0960. The number of benzene rings is 14. The van der Waals surface area contributed by atoms with E-state index >= 15 is 0 Å². The summed E-state index contributed by atoms with van der Waals surface area (Å²) in [5, 5.41) is 4.74. The van der Waals surface area contributed by atoms with Crippen molar-refractivity contribution >= 4 is 77.7 Å². The predicted octanol–water partition coefficient (Wildman–Crippen LogP) is 24.6. The van der Waals surface area contributed by atoms with Gasteiger partial charge in [0, 0.05) is 100 Å². The number of hydrogen-bond donors (Lipinski definition) is 0. The molecule has 18 aromatic rings. The van der Waals surface area contributed by atoms with E-state index in [0.29, 0.717) is 11.6 Å². The Morgan fingerprint density at radius 2 is 0.592 bits per heavy atom. The van der Waals surface area contributed by atoms with Crippen LogP contribution in [0.5, 0.6) is 0 Å². The number of anilines is 6. The largest absolute Gasteiger partial charge is 0.310 e. The van der Waals surface area contributed by atoms with Gasteiger partial charge in [0.05, 0.1) is 44.8 Å². The van der Waals surface area contributed by atoms with Crippen molar-refractivity contribution in [2.45, 2.75) is 20.3 Å². The maximum absolute atomic E-state index is 5.35. The van der Waals surface area contributed by atoms with Crippen molar-refractivity contribution in [3.8, 4) is 79.2 Å². The lowest BCUT2D eigenvalue weighted by atomic mass is 9.97. The lowest BCUT2D eigenvalue weighted by Gasteiger charge is -2.26. The topological polar surface area (TPSA) is 67.9 Å². The van der Waals surface area contributed by atoms with E-state index in [2.05, 4.69) is 366 Å². The molecule has 8 heteroatoms. The molecule has 0 aliphatic carbocycles. The van der Waals surface area contributed by atoms with Gasteiger partial charge in [-0.3, -0.25) is 0 Å². The number of aromatic nitrogens is 6. The van der Waals surface area contributed by atoms with Crippen LogP contribution in [-0.2, 0) is 6.42 Å². The summed E-state index contributed by atoms with van der Waals surface area (Å²) < 4.78 is 4.75. The summed E-state index contributed by atoms with van der Waals surface area (Å²) in [7, 11) is 0. The third kappa shape index (κ3) is 11.9. The van der Waals surface area contributed by atoms with Gasteiger partial charge in [0.15, 0.2) is 11.6 Å². The predicted molar refractivity (Wildman–Crippen MR) is 427 cm³/mol. The molecular formula is C95H68N8. The van der Waals surface area contributed by atoms with Crippen LogP contribution in [-0.4, -0.2) is 29.1 Å². The molecule has 0 radical (unpaired) electrons. The lowest BCUT2D eigenvalue weighted by Crippen LogP contribution is -2.10. The van der Waals surface area contributed by atoms with Gasteiger partial charge in [-0.1, -0.05) is 230 Å². The number of nitrogens with zero attached hydrogens (tertiary/aromatic N) is 8. The van der Waals surface area contributed by atoms with Gasteiger partial charge in [0.1, 0.15) is 0 Å². The minimum atomic E-state index is 0.681. The first kappa shape index (κ1) is 61.7. The Kier molecular flexibility index (Phi) is 15.9. The van der Waals surface area contributed by atoms with Crippen LogP contribution in [0.25, 0.3) is 123 Å². The average Bonchev–Trinajstić information content (AvgIpc) is 1.60. The van der Waals surface area contributed by atoms with Gasteiger partial charge in [0.2, 0.25) is 0 Å². The molecule has 14 aromatic carbocycles. The molecule has 0 aliphatic rings. The molecule has 0 bridgehead atoms. The average molecular weight is 1320 g/mol. The Bertz CT molecular complexity index is 6020. The fourth-order valence-electron chi connectivity index (χ4n) is 14.6. The van der Waals surface area contributed by atoms with E-state index in [1.54, 1.807) is 0 Å². The molecule has 0 saturated heterocycles. The van der Waals surface area contributed by atoms with Crippen LogP contribution in [0.2, 0.25) is 0 Å². The molecule has 0 atom stereocenters. The van der Waals surface area contributed by atoms with Gasteiger partial charge in [-0.25, -0.2) is 19.9 Å². The van der Waals surface area contributed by atoms with E-state index in [0.717, 1.165) is 130 Å². The van der Waals surface area contributed by atoms with E-state index < -0.39 is 0 Å². The molecule has 0 unspecified atom stereocenters. The van der Waals surface area contributed by atoms with Gasteiger partial charge in [-0.05, 0) is 176 Å². The minimum Gasteiger partial charge on any atom is -0.310 e. The molecule has 18 rings (SSSR count). The summed E-state index contributed by atoms with van der Waals surface area (Å²) >= 11 is 0. The third-order valence-corrected chi connectivity index (χ3v) is 19.8. The Labute approximate surface area is 598 Å². The second-order valence-electron chi connectivity index (χ2n) is 26.4. The van der Waals surface area contributed by atoms with E-state index in [4.69, 9.17) is 19.9 Å². The third-order valence-electron chi connectivity index (χ3n) is 19.8. The molecule has 0 spiro atoms. The number of hydrogen-bond acceptors (Lipinski definition) is 6. The molecule has 8 nitrogen and oxygen atoms in total. The first-order chi connectivity index (χ1) is 50.8. The molecule has 103 heavy (non-hydrogen) atoms. The van der Waals surface area contributed by atoms with Crippen molar-refractivity contribution in [2.75, 3.05) is 9.80 Å². The Balaban J connectivity index is 0.630. The molecule has 488 valence electrons. The summed E-state index contributed by atoms with van der Waals surface area (Å²) in [6.45, 7) is 4.35. The monoisotopic (exact) mass is 1320 g/mol. The first-order valence-electron chi connectivity index (χ1n) is 35.0. The summed E-state index contributed by atoms with van der Waals surface area (Å²) in [6, 6.07) is 130. The zero-order valence-corrected chi connectivity index (χ0v) is 56.9. The summed E-state index contributed by atoms with van der Waals surface area (Å²) in [6.07, 6.45) is 0.765. The maximum Gasteiger partial charge on any atom is 0.160 e. The van der Waals surface area contributed by atoms with Crippen molar-refractivity contribution in [3.63, 3.8) is 0 Å². The number of fused-ring (bicyclic) bond motifs is 6. The molecule has 0 fully saturated rings. The van der Waals surface area contributed by atoms with Gasteiger partial charge < -0.3 is 18.9 Å². The molecular weight excluding hydrogens is 1250 g/mol. The number of rotatable bonds is 16. The highest BCUT2D eigenvalue weighted by molar-refractivity contribution is 6.12. The summed E-state index contributed by atoms with van der Waals surface area (Å²) in [5.74, 6) is 1.38. The van der Waals surface area contributed by atoms with E-state index in [1.807, 2.05) is 30.3 Å². The summed E-state index contributed by atoms with van der Waals surface area (Å²) in [5.41, 5.74) is 27.6. The fraction of sp³-hybridized carbons (Fsp3) is 0.0316. The van der Waals surface area contributed by atoms with Crippen molar-refractivity contribution in [1.29, 1.82) is 0 Å². The zero-order chi connectivity index (χ0) is 68.7. The van der Waals surface area contributed by atoms with Gasteiger partial charge in [-0.2, -0.15) is 0 Å². The van der Waals surface area contributed by atoms with Crippen LogP contribution in [0.1, 0.15) is 22.3 Å². The van der Waals surface area contributed by atoms with Crippen molar-refractivity contribution < 1.29 is 0 Å². The first-order valence-corrected chi connectivity index (χ1v) is 35.0. The summed E-state index contributed by atoms with van der Waals surface area (Å²) in [4.78, 5) is 25.5.